The van der Waals surface area contributed by atoms with Crippen molar-refractivity contribution < 1.29 is 4.79 Å². The van der Waals surface area contributed by atoms with Crippen molar-refractivity contribution in [2.24, 2.45) is 0 Å². The number of likely N-dealkylation sites (N-methyl/N-ethyl adjacent to an activating group) is 1. The van der Waals surface area contributed by atoms with Gasteiger partial charge in [-0.2, -0.15) is 4.98 Å². The lowest BCUT2D eigenvalue weighted by Crippen LogP contribution is -2.41. The fourth-order valence-corrected chi connectivity index (χ4v) is 3.12. The van der Waals surface area contributed by atoms with Gasteiger partial charge in [-0.15, -0.1) is 0 Å². The SMILES string of the molecule is CNCCn1c(=O)nc2n(CCNC(C)=O)c3cc(C)c(C)cc3nc-2c1=O. The Morgan fingerprint density at radius 1 is 1.04 bits per heavy atom. The second-order valence-electron chi connectivity index (χ2n) is 6.80. The fourth-order valence-electron chi connectivity index (χ4n) is 3.12. The van der Waals surface area contributed by atoms with Crippen LogP contribution in [0.3, 0.4) is 0 Å². The zero-order chi connectivity index (χ0) is 20.4. The molecule has 28 heavy (non-hydrogen) atoms. The van der Waals surface area contributed by atoms with Crippen molar-refractivity contribution in [3.05, 3.63) is 44.1 Å². The summed E-state index contributed by atoms with van der Waals surface area (Å²) < 4.78 is 2.88. The van der Waals surface area contributed by atoms with E-state index in [0.717, 1.165) is 21.2 Å². The molecule has 0 fully saturated rings. The van der Waals surface area contributed by atoms with Gasteiger partial charge in [-0.05, 0) is 44.2 Å². The smallest absolute Gasteiger partial charge is 0.352 e. The van der Waals surface area contributed by atoms with Gasteiger partial charge < -0.3 is 15.2 Å². The molecule has 9 nitrogen and oxygen atoms in total. The van der Waals surface area contributed by atoms with Crippen molar-refractivity contribution in [1.29, 1.82) is 0 Å². The molecule has 0 bridgehead atoms. The van der Waals surface area contributed by atoms with E-state index in [2.05, 4.69) is 20.6 Å². The number of rotatable bonds is 6. The number of aromatic nitrogens is 4. The number of aryl methyl sites for hydroxylation is 2. The Labute approximate surface area is 161 Å². The highest BCUT2D eigenvalue weighted by Gasteiger charge is 2.21. The van der Waals surface area contributed by atoms with Crippen molar-refractivity contribution in [3.63, 3.8) is 0 Å². The van der Waals surface area contributed by atoms with Crippen molar-refractivity contribution in [3.8, 4) is 11.5 Å². The largest absolute Gasteiger partial charge is 0.355 e. The molecule has 0 aliphatic carbocycles. The van der Waals surface area contributed by atoms with E-state index in [4.69, 9.17) is 0 Å². The van der Waals surface area contributed by atoms with Gasteiger partial charge in [0.2, 0.25) is 5.91 Å². The summed E-state index contributed by atoms with van der Waals surface area (Å²) in [5, 5.41) is 5.66. The normalized spacial score (nSPS) is 11.3. The van der Waals surface area contributed by atoms with Gasteiger partial charge in [-0.25, -0.2) is 9.78 Å². The van der Waals surface area contributed by atoms with Crippen molar-refractivity contribution in [2.45, 2.75) is 33.9 Å². The van der Waals surface area contributed by atoms with Crippen molar-refractivity contribution >= 4 is 16.9 Å². The minimum Gasteiger partial charge on any atom is -0.355 e. The average molecular weight is 384 g/mol. The Hall–Kier alpha value is -3.07. The molecular formula is C19H24N6O3. The molecule has 0 spiro atoms. The lowest BCUT2D eigenvalue weighted by Gasteiger charge is -2.19. The second kappa shape index (κ2) is 7.89. The van der Waals surface area contributed by atoms with E-state index in [9.17, 15) is 14.4 Å². The topological polar surface area (TPSA) is 111 Å². The summed E-state index contributed by atoms with van der Waals surface area (Å²) in [7, 11) is 1.75. The summed E-state index contributed by atoms with van der Waals surface area (Å²) in [4.78, 5) is 45.3. The van der Waals surface area contributed by atoms with Gasteiger partial charge in [0.15, 0.2) is 11.5 Å². The zero-order valence-electron chi connectivity index (χ0n) is 16.5. The Kier molecular flexibility index (Phi) is 5.55. The molecule has 2 aliphatic heterocycles. The van der Waals surface area contributed by atoms with Crippen LogP contribution in [0.5, 0.6) is 0 Å². The molecule has 0 aromatic heterocycles. The van der Waals surface area contributed by atoms with Crippen LogP contribution in [0.4, 0.5) is 0 Å². The van der Waals surface area contributed by atoms with Gasteiger partial charge in [0.05, 0.1) is 11.0 Å². The molecule has 1 aromatic rings. The van der Waals surface area contributed by atoms with Gasteiger partial charge in [0, 0.05) is 33.1 Å². The van der Waals surface area contributed by atoms with E-state index >= 15 is 0 Å². The predicted octanol–water partition coefficient (Wildman–Crippen LogP) is 0.0303. The zero-order valence-corrected chi connectivity index (χ0v) is 16.5. The van der Waals surface area contributed by atoms with Crippen LogP contribution in [0.15, 0.2) is 21.7 Å². The van der Waals surface area contributed by atoms with Gasteiger partial charge in [0.1, 0.15) is 0 Å². The van der Waals surface area contributed by atoms with E-state index in [-0.39, 0.29) is 24.0 Å². The molecule has 148 valence electrons. The standard InChI is InChI=1S/C19H24N6O3/c1-11-9-14-15(10-12(11)2)24(8-6-21-13(3)26)17-16(22-14)18(27)25(7-5-20-4)19(28)23-17/h9-10,20H,5-8H2,1-4H3,(H,21,26). The van der Waals surface area contributed by atoms with Crippen LogP contribution in [0.2, 0.25) is 0 Å². The van der Waals surface area contributed by atoms with Crippen LogP contribution >= 0.6 is 0 Å². The number of nitrogens with zero attached hydrogens (tertiary/aromatic N) is 4. The highest BCUT2D eigenvalue weighted by atomic mass is 16.2. The van der Waals surface area contributed by atoms with E-state index in [1.165, 1.54) is 6.92 Å². The molecule has 2 aliphatic rings. The molecular weight excluding hydrogens is 360 g/mol. The van der Waals surface area contributed by atoms with E-state index in [0.29, 0.717) is 25.2 Å². The first kappa shape index (κ1) is 19.7. The number of nitrogens with one attached hydrogen (secondary N) is 2. The van der Waals surface area contributed by atoms with Crippen molar-refractivity contribution in [2.75, 3.05) is 20.1 Å². The van der Waals surface area contributed by atoms with Crippen LogP contribution in [0.25, 0.3) is 22.6 Å². The summed E-state index contributed by atoms with van der Waals surface area (Å²) in [6.07, 6.45) is 0. The summed E-state index contributed by atoms with van der Waals surface area (Å²) in [6.45, 7) is 6.80. The highest BCUT2D eigenvalue weighted by Crippen LogP contribution is 2.23. The lowest BCUT2D eigenvalue weighted by atomic mass is 10.1. The van der Waals surface area contributed by atoms with Crippen LogP contribution < -0.4 is 21.9 Å². The molecule has 0 saturated carbocycles. The number of amides is 1. The fraction of sp³-hybridized carbons (Fsp3) is 0.421. The summed E-state index contributed by atoms with van der Waals surface area (Å²) in [6, 6.07) is 3.88. The third-order valence-corrected chi connectivity index (χ3v) is 4.76. The Morgan fingerprint density at radius 3 is 2.39 bits per heavy atom. The molecule has 1 amide bonds. The molecule has 0 unspecified atom stereocenters. The number of carbonyl (C=O) groups excluding carboxylic acids is 1. The van der Waals surface area contributed by atoms with Gasteiger partial charge in [-0.1, -0.05) is 0 Å². The van der Waals surface area contributed by atoms with Gasteiger partial charge in [-0.3, -0.25) is 14.2 Å². The summed E-state index contributed by atoms with van der Waals surface area (Å²) in [5.74, 6) is 0.0824. The van der Waals surface area contributed by atoms with E-state index < -0.39 is 11.2 Å². The Balaban J connectivity index is 2.30. The first-order valence-electron chi connectivity index (χ1n) is 9.15. The Bertz CT molecular complexity index is 1130. The maximum absolute atomic E-state index is 12.9. The molecule has 2 heterocycles. The number of fused-ring (bicyclic) bond motifs is 2. The predicted molar refractivity (Wildman–Crippen MR) is 107 cm³/mol. The average Bonchev–Trinajstić information content (AvgIpc) is 2.63. The molecule has 2 N–H and O–H groups in total. The van der Waals surface area contributed by atoms with E-state index in [1.807, 2.05) is 26.0 Å². The molecule has 0 radical (unpaired) electrons. The van der Waals surface area contributed by atoms with Crippen LogP contribution in [0.1, 0.15) is 18.1 Å². The third-order valence-electron chi connectivity index (χ3n) is 4.76. The highest BCUT2D eigenvalue weighted by molar-refractivity contribution is 5.81. The second-order valence-corrected chi connectivity index (χ2v) is 6.80. The number of carbonyl (C=O) groups is 1. The maximum Gasteiger partial charge on any atom is 0.352 e. The van der Waals surface area contributed by atoms with Crippen LogP contribution in [0, 0.1) is 13.8 Å². The summed E-state index contributed by atoms with van der Waals surface area (Å²) >= 11 is 0. The van der Waals surface area contributed by atoms with Crippen LogP contribution in [-0.2, 0) is 17.9 Å². The number of benzene rings is 1. The quantitative estimate of drug-likeness (QED) is 0.580. The summed E-state index contributed by atoms with van der Waals surface area (Å²) in [5.41, 5.74) is 2.61. The number of hydrogen-bond donors (Lipinski definition) is 2. The molecule has 1 aromatic carbocycles. The minimum absolute atomic E-state index is 0.147. The monoisotopic (exact) mass is 384 g/mol. The lowest BCUT2D eigenvalue weighted by molar-refractivity contribution is -0.118. The number of hydrogen-bond acceptors (Lipinski definition) is 6. The Morgan fingerprint density at radius 2 is 1.71 bits per heavy atom. The van der Waals surface area contributed by atoms with Gasteiger partial charge >= 0.3 is 5.69 Å². The van der Waals surface area contributed by atoms with Crippen LogP contribution in [-0.4, -0.2) is 45.1 Å². The molecule has 0 saturated heterocycles. The first-order chi connectivity index (χ1) is 13.3. The van der Waals surface area contributed by atoms with Gasteiger partial charge in [0.25, 0.3) is 5.56 Å². The maximum atomic E-state index is 12.9. The first-order valence-corrected chi connectivity index (χ1v) is 9.15. The molecule has 9 heteroatoms. The molecule has 0 atom stereocenters. The minimum atomic E-state index is -0.606. The van der Waals surface area contributed by atoms with Crippen molar-refractivity contribution in [1.82, 2.24) is 29.7 Å². The molecule has 3 rings (SSSR count). The third kappa shape index (κ3) is 3.65. The van der Waals surface area contributed by atoms with E-state index in [1.54, 1.807) is 11.6 Å².